The molecule has 0 aliphatic carbocycles. The number of likely N-dealkylation sites (tertiary alicyclic amines) is 1. The Labute approximate surface area is 183 Å². The quantitative estimate of drug-likeness (QED) is 0.287. The first kappa shape index (κ1) is 23.7. The maximum atomic E-state index is 11.8. The van der Waals surface area contributed by atoms with Crippen LogP contribution in [0.1, 0.15) is 42.1 Å². The molecule has 31 heavy (non-hydrogen) atoms. The fourth-order valence-electron chi connectivity index (χ4n) is 3.56. The molecule has 7 nitrogen and oxygen atoms in total. The van der Waals surface area contributed by atoms with Crippen molar-refractivity contribution in [3.05, 3.63) is 94.8 Å². The number of nitrogens with zero attached hydrogens (tertiary/aromatic N) is 1. The number of ether oxygens (including phenoxy) is 1. The van der Waals surface area contributed by atoms with Gasteiger partial charge in [0, 0.05) is 30.3 Å². The smallest absolute Gasteiger partial charge is 0.338 e. The van der Waals surface area contributed by atoms with Gasteiger partial charge in [-0.3, -0.25) is 0 Å². The van der Waals surface area contributed by atoms with Gasteiger partial charge < -0.3 is 31.9 Å². The van der Waals surface area contributed by atoms with Crippen molar-refractivity contribution in [3.8, 4) is 0 Å². The van der Waals surface area contributed by atoms with Gasteiger partial charge in [0.2, 0.25) is 0 Å². The van der Waals surface area contributed by atoms with Crippen LogP contribution in [0.2, 0.25) is 0 Å². The van der Waals surface area contributed by atoms with E-state index in [-0.39, 0.29) is 23.5 Å². The largest absolute Gasteiger partial charge is 0.507 e. The first-order valence-corrected chi connectivity index (χ1v) is 10.2. The van der Waals surface area contributed by atoms with Crippen LogP contribution in [0, 0.1) is 0 Å². The Morgan fingerprint density at radius 2 is 1.97 bits per heavy atom. The minimum absolute atomic E-state index is 0.0159. The van der Waals surface area contributed by atoms with Gasteiger partial charge in [-0.2, -0.15) is 0 Å². The highest BCUT2D eigenvalue weighted by atomic mass is 16.5. The molecule has 1 aliphatic heterocycles. The van der Waals surface area contributed by atoms with Crippen LogP contribution in [0.25, 0.3) is 0 Å². The second-order valence-corrected chi connectivity index (χ2v) is 7.22. The molecule has 0 saturated carbocycles. The van der Waals surface area contributed by atoms with Gasteiger partial charge in [0.15, 0.2) is 0 Å². The number of benzene rings is 1. The van der Waals surface area contributed by atoms with E-state index in [1.54, 1.807) is 44.2 Å². The summed E-state index contributed by atoms with van der Waals surface area (Å²) < 4.78 is 5.03. The Kier molecular flexibility index (Phi) is 8.37. The molecule has 1 aromatic carbocycles. The lowest BCUT2D eigenvalue weighted by atomic mass is 9.97. The zero-order chi connectivity index (χ0) is 23.0. The molecule has 0 bridgehead atoms. The molecule has 7 heteroatoms. The molecule has 2 rings (SSSR count). The normalized spacial score (nSPS) is 17.4. The second kappa shape index (κ2) is 11.0. The third-order valence-electron chi connectivity index (χ3n) is 5.13. The predicted octanol–water partition coefficient (Wildman–Crippen LogP) is 3.16. The van der Waals surface area contributed by atoms with E-state index in [2.05, 4.69) is 11.5 Å². The Morgan fingerprint density at radius 3 is 2.52 bits per heavy atom. The first-order chi connectivity index (χ1) is 14.8. The van der Waals surface area contributed by atoms with Crippen LogP contribution in [0.3, 0.4) is 0 Å². The van der Waals surface area contributed by atoms with Crippen molar-refractivity contribution in [1.29, 1.82) is 0 Å². The number of hydrogen-bond acceptors (Lipinski definition) is 7. The fraction of sp³-hybridized carbons (Fsp3) is 0.292. The van der Waals surface area contributed by atoms with Gasteiger partial charge in [0.05, 0.1) is 17.9 Å². The summed E-state index contributed by atoms with van der Waals surface area (Å²) in [6.07, 6.45) is 7.30. The molecule has 0 spiro atoms. The molecule has 1 aliphatic rings. The highest BCUT2D eigenvalue weighted by Gasteiger charge is 2.26. The molecule has 1 atom stereocenters. The van der Waals surface area contributed by atoms with E-state index in [0.717, 1.165) is 18.5 Å². The van der Waals surface area contributed by atoms with Crippen LogP contribution in [0.15, 0.2) is 83.7 Å². The highest BCUT2D eigenvalue weighted by molar-refractivity contribution is 5.89. The number of rotatable bonds is 8. The Morgan fingerprint density at radius 1 is 1.29 bits per heavy atom. The Hall–Kier alpha value is -3.61. The summed E-state index contributed by atoms with van der Waals surface area (Å²) in [5.41, 5.74) is 21.1. The first-order valence-electron chi connectivity index (χ1n) is 10.2. The number of carbonyl (C=O) groups excluding carboxylic acids is 1. The Bertz CT molecular complexity index is 923. The highest BCUT2D eigenvalue weighted by Crippen LogP contribution is 2.31. The van der Waals surface area contributed by atoms with Crippen molar-refractivity contribution in [2.45, 2.75) is 26.2 Å². The molecule has 1 heterocycles. The molecule has 166 valence electrons. The summed E-state index contributed by atoms with van der Waals surface area (Å²) in [5, 5.41) is 10.2. The lowest BCUT2D eigenvalue weighted by Gasteiger charge is -2.22. The van der Waals surface area contributed by atoms with E-state index in [9.17, 15) is 9.90 Å². The van der Waals surface area contributed by atoms with Crippen molar-refractivity contribution in [2.24, 2.45) is 17.2 Å². The van der Waals surface area contributed by atoms with E-state index in [1.807, 2.05) is 12.1 Å². The van der Waals surface area contributed by atoms with Gasteiger partial charge in [-0.15, -0.1) is 0 Å². The number of esters is 1. The van der Waals surface area contributed by atoms with E-state index in [1.165, 1.54) is 6.08 Å². The minimum atomic E-state index is -0.323. The van der Waals surface area contributed by atoms with Gasteiger partial charge in [0.1, 0.15) is 11.6 Å². The standard InChI is InChI=1S/C24H32N4O3/c1-4-7-22(29)19(5-2)20(25)14-21(23(26)27)28-13-12-18(15-28)16-8-10-17(11-9-16)24(30)31-6-3/h4-5,7-11,14,18,29H,2,6,12-13,15,25-27H2,1,3H3/b7-4-,20-14-,22-19-. The van der Waals surface area contributed by atoms with Gasteiger partial charge in [-0.1, -0.05) is 30.9 Å². The second-order valence-electron chi connectivity index (χ2n) is 7.22. The van der Waals surface area contributed by atoms with Crippen LogP contribution in [0.4, 0.5) is 0 Å². The Balaban J connectivity index is 2.21. The van der Waals surface area contributed by atoms with Crippen LogP contribution in [0.5, 0.6) is 0 Å². The van der Waals surface area contributed by atoms with Crippen molar-refractivity contribution >= 4 is 5.97 Å². The molecule has 1 unspecified atom stereocenters. The third-order valence-corrected chi connectivity index (χ3v) is 5.13. The number of hydrogen-bond donors (Lipinski definition) is 4. The zero-order valence-corrected chi connectivity index (χ0v) is 18.2. The van der Waals surface area contributed by atoms with Crippen LogP contribution < -0.4 is 17.2 Å². The SMILES string of the molecule is C=CC(/C(N)=C/C(=C(N)N)N1CCC(c2ccc(C(=O)OCC)cc2)C1)=C(O)\C=C/C. The third kappa shape index (κ3) is 5.94. The number of nitrogens with two attached hydrogens (primary N) is 3. The molecule has 1 saturated heterocycles. The summed E-state index contributed by atoms with van der Waals surface area (Å²) in [6.45, 7) is 9.09. The van der Waals surface area contributed by atoms with Crippen molar-refractivity contribution < 1.29 is 14.6 Å². The fourth-order valence-corrected chi connectivity index (χ4v) is 3.56. The summed E-state index contributed by atoms with van der Waals surface area (Å²) >= 11 is 0. The summed E-state index contributed by atoms with van der Waals surface area (Å²) in [5.74, 6) is 0.0968. The van der Waals surface area contributed by atoms with Gasteiger partial charge in [-0.05, 0) is 50.1 Å². The lowest BCUT2D eigenvalue weighted by Crippen LogP contribution is -2.26. The van der Waals surface area contributed by atoms with Crippen LogP contribution >= 0.6 is 0 Å². The molecule has 0 amide bonds. The predicted molar refractivity (Wildman–Crippen MR) is 124 cm³/mol. The molecule has 1 fully saturated rings. The minimum Gasteiger partial charge on any atom is -0.507 e. The van der Waals surface area contributed by atoms with E-state index < -0.39 is 0 Å². The average molecular weight is 425 g/mol. The van der Waals surface area contributed by atoms with Crippen LogP contribution in [-0.2, 0) is 4.74 Å². The van der Waals surface area contributed by atoms with Gasteiger partial charge >= 0.3 is 5.97 Å². The van der Waals surface area contributed by atoms with Crippen molar-refractivity contribution in [1.82, 2.24) is 4.90 Å². The van der Waals surface area contributed by atoms with E-state index in [0.29, 0.717) is 35.7 Å². The van der Waals surface area contributed by atoms with Gasteiger partial charge in [0.25, 0.3) is 0 Å². The molecule has 0 radical (unpaired) electrons. The van der Waals surface area contributed by atoms with Gasteiger partial charge in [-0.25, -0.2) is 4.79 Å². The lowest BCUT2D eigenvalue weighted by molar-refractivity contribution is 0.0526. The topological polar surface area (TPSA) is 128 Å². The maximum absolute atomic E-state index is 11.8. The number of carbonyl (C=O) groups is 1. The summed E-state index contributed by atoms with van der Waals surface area (Å²) in [7, 11) is 0. The van der Waals surface area contributed by atoms with Crippen molar-refractivity contribution in [2.75, 3.05) is 19.7 Å². The molecule has 0 aromatic heterocycles. The maximum Gasteiger partial charge on any atom is 0.338 e. The number of aliphatic hydroxyl groups is 1. The molecule has 7 N–H and O–H groups in total. The van der Waals surface area contributed by atoms with E-state index >= 15 is 0 Å². The van der Waals surface area contributed by atoms with Crippen molar-refractivity contribution in [3.63, 3.8) is 0 Å². The average Bonchev–Trinajstić information content (AvgIpc) is 3.22. The number of aliphatic hydroxyl groups excluding tert-OH is 1. The van der Waals surface area contributed by atoms with Crippen LogP contribution in [-0.4, -0.2) is 35.7 Å². The monoisotopic (exact) mass is 424 g/mol. The summed E-state index contributed by atoms with van der Waals surface area (Å²) in [4.78, 5) is 13.9. The molecular weight excluding hydrogens is 392 g/mol. The molecule has 1 aromatic rings. The number of allylic oxidation sites excluding steroid dienone is 4. The molecular formula is C24H32N4O3. The summed E-state index contributed by atoms with van der Waals surface area (Å²) in [6, 6.07) is 7.47. The zero-order valence-electron chi connectivity index (χ0n) is 18.2. The van der Waals surface area contributed by atoms with E-state index in [4.69, 9.17) is 21.9 Å².